The second kappa shape index (κ2) is 4.50. The van der Waals surface area contributed by atoms with Crippen molar-refractivity contribution in [3.8, 4) is 0 Å². The minimum atomic E-state index is 0.205. The predicted molar refractivity (Wildman–Crippen MR) is 61.9 cm³/mol. The van der Waals surface area contributed by atoms with Crippen LogP contribution in [0.2, 0.25) is 0 Å². The number of likely N-dealkylation sites (N-methyl/N-ethyl adjacent to an activating group) is 1. The molecule has 2 rings (SSSR count). The highest BCUT2D eigenvalue weighted by Gasteiger charge is 2.21. The van der Waals surface area contributed by atoms with Gasteiger partial charge in [0, 0.05) is 19.7 Å². The Morgan fingerprint density at radius 1 is 1.56 bits per heavy atom. The molecule has 1 aromatic heterocycles. The van der Waals surface area contributed by atoms with E-state index < -0.39 is 0 Å². The smallest absolute Gasteiger partial charge is 0.223 e. The van der Waals surface area contributed by atoms with Gasteiger partial charge in [-0.3, -0.25) is 0 Å². The van der Waals surface area contributed by atoms with E-state index in [1.165, 1.54) is 0 Å². The van der Waals surface area contributed by atoms with Crippen LogP contribution in [0.3, 0.4) is 0 Å². The van der Waals surface area contributed by atoms with E-state index in [0.717, 1.165) is 18.8 Å². The Kier molecular flexibility index (Phi) is 3.07. The molecule has 1 saturated heterocycles. The maximum Gasteiger partial charge on any atom is 0.223 e. The second-order valence-electron chi connectivity index (χ2n) is 3.74. The Labute approximate surface area is 93.8 Å². The average molecular weight is 224 g/mol. The Morgan fingerprint density at radius 2 is 2.38 bits per heavy atom. The number of nitrogens with zero attached hydrogens (tertiary/aromatic N) is 3. The van der Waals surface area contributed by atoms with Crippen LogP contribution in [0.5, 0.6) is 0 Å². The molecule has 7 heteroatoms. The van der Waals surface area contributed by atoms with Gasteiger partial charge >= 0.3 is 0 Å². The predicted octanol–water partition coefficient (Wildman–Crippen LogP) is -0.430. The van der Waals surface area contributed by atoms with Crippen LogP contribution in [0.25, 0.3) is 0 Å². The summed E-state index contributed by atoms with van der Waals surface area (Å²) in [7, 11) is 1.96. The van der Waals surface area contributed by atoms with Gasteiger partial charge in [-0.05, 0) is 6.42 Å². The molecule has 1 fully saturated rings. The van der Waals surface area contributed by atoms with Crippen LogP contribution in [0.4, 0.5) is 17.6 Å². The fourth-order valence-electron chi connectivity index (χ4n) is 1.72. The molecule has 1 aliphatic rings. The first kappa shape index (κ1) is 10.9. The summed E-state index contributed by atoms with van der Waals surface area (Å²) in [5.74, 6) is 6.76. The maximum absolute atomic E-state index is 5.60. The van der Waals surface area contributed by atoms with Gasteiger partial charge in [-0.15, -0.1) is 0 Å². The van der Waals surface area contributed by atoms with Gasteiger partial charge in [0.1, 0.15) is 11.6 Å². The van der Waals surface area contributed by atoms with E-state index >= 15 is 0 Å². The zero-order valence-corrected chi connectivity index (χ0v) is 9.18. The van der Waals surface area contributed by atoms with E-state index in [-0.39, 0.29) is 5.95 Å². The Balaban J connectivity index is 2.21. The number of hydrazine groups is 1. The van der Waals surface area contributed by atoms with Crippen molar-refractivity contribution in [1.82, 2.24) is 9.97 Å². The summed E-state index contributed by atoms with van der Waals surface area (Å²) in [5.41, 5.74) is 8.06. The summed E-state index contributed by atoms with van der Waals surface area (Å²) in [6, 6.07) is 2.09. The summed E-state index contributed by atoms with van der Waals surface area (Å²) in [4.78, 5) is 10.1. The normalized spacial score (nSPS) is 19.8. The highest BCUT2D eigenvalue weighted by molar-refractivity contribution is 5.52. The first-order valence-electron chi connectivity index (χ1n) is 5.12. The number of nitrogen functional groups attached to an aromatic ring is 2. The van der Waals surface area contributed by atoms with Crippen molar-refractivity contribution in [2.75, 3.05) is 36.3 Å². The van der Waals surface area contributed by atoms with Gasteiger partial charge in [0.2, 0.25) is 5.95 Å². The summed E-state index contributed by atoms with van der Waals surface area (Å²) in [6.07, 6.45) is 0.992. The van der Waals surface area contributed by atoms with Gasteiger partial charge in [-0.2, -0.15) is 9.97 Å². The summed E-state index contributed by atoms with van der Waals surface area (Å²) >= 11 is 0. The lowest BCUT2D eigenvalue weighted by atomic mass is 10.2. The molecule has 1 atom stereocenters. The van der Waals surface area contributed by atoms with Gasteiger partial charge in [0.25, 0.3) is 0 Å². The van der Waals surface area contributed by atoms with Gasteiger partial charge < -0.3 is 20.8 Å². The molecule has 0 spiro atoms. The zero-order valence-electron chi connectivity index (χ0n) is 9.18. The Bertz CT molecular complexity index is 365. The monoisotopic (exact) mass is 224 g/mol. The van der Waals surface area contributed by atoms with Crippen LogP contribution >= 0.6 is 0 Å². The van der Waals surface area contributed by atoms with E-state index in [4.69, 9.17) is 16.3 Å². The largest absolute Gasteiger partial charge is 0.379 e. The maximum atomic E-state index is 5.60. The minimum Gasteiger partial charge on any atom is -0.379 e. The number of rotatable bonds is 3. The van der Waals surface area contributed by atoms with Crippen molar-refractivity contribution < 1.29 is 4.74 Å². The highest BCUT2D eigenvalue weighted by atomic mass is 16.5. The van der Waals surface area contributed by atoms with Crippen LogP contribution < -0.4 is 21.9 Å². The third kappa shape index (κ3) is 2.15. The lowest BCUT2D eigenvalue weighted by Gasteiger charge is -2.24. The molecule has 7 nitrogen and oxygen atoms in total. The first-order chi connectivity index (χ1) is 7.70. The number of nitrogens with two attached hydrogens (primary N) is 2. The van der Waals surface area contributed by atoms with E-state index in [2.05, 4.69) is 15.4 Å². The molecule has 1 aliphatic heterocycles. The van der Waals surface area contributed by atoms with Crippen molar-refractivity contribution >= 4 is 17.6 Å². The molecule has 0 radical (unpaired) electrons. The summed E-state index contributed by atoms with van der Waals surface area (Å²) in [6.45, 7) is 1.50. The van der Waals surface area contributed by atoms with E-state index in [9.17, 15) is 0 Å². The van der Waals surface area contributed by atoms with Crippen LogP contribution in [0.15, 0.2) is 6.07 Å². The lowest BCUT2D eigenvalue weighted by molar-refractivity contribution is 0.193. The Morgan fingerprint density at radius 3 is 3.00 bits per heavy atom. The van der Waals surface area contributed by atoms with E-state index in [1.807, 2.05) is 11.9 Å². The molecule has 0 bridgehead atoms. The quantitative estimate of drug-likeness (QED) is 0.473. The van der Waals surface area contributed by atoms with Gasteiger partial charge in [0.15, 0.2) is 0 Å². The second-order valence-corrected chi connectivity index (χ2v) is 3.74. The van der Waals surface area contributed by atoms with E-state index in [0.29, 0.717) is 18.5 Å². The molecular weight excluding hydrogens is 208 g/mol. The molecule has 1 unspecified atom stereocenters. The van der Waals surface area contributed by atoms with Crippen LogP contribution in [-0.2, 0) is 4.74 Å². The van der Waals surface area contributed by atoms with Gasteiger partial charge in [-0.25, -0.2) is 5.84 Å². The molecular formula is C9H16N6O. The number of nitrogens with one attached hydrogen (secondary N) is 1. The number of hydrogen-bond donors (Lipinski definition) is 3. The van der Waals surface area contributed by atoms with Crippen molar-refractivity contribution in [1.29, 1.82) is 0 Å². The number of ether oxygens (including phenoxy) is 1. The summed E-state index contributed by atoms with van der Waals surface area (Å²) < 4.78 is 5.33. The zero-order chi connectivity index (χ0) is 11.5. The molecule has 16 heavy (non-hydrogen) atoms. The molecule has 2 heterocycles. The molecule has 0 aliphatic carbocycles. The van der Waals surface area contributed by atoms with Crippen LogP contribution in [-0.4, -0.2) is 36.3 Å². The number of aromatic nitrogens is 2. The van der Waals surface area contributed by atoms with E-state index in [1.54, 1.807) is 6.07 Å². The fourth-order valence-corrected chi connectivity index (χ4v) is 1.72. The van der Waals surface area contributed by atoms with Crippen molar-refractivity contribution in [2.24, 2.45) is 5.84 Å². The van der Waals surface area contributed by atoms with Gasteiger partial charge in [-0.1, -0.05) is 0 Å². The SMILES string of the molecule is CN(c1cc(NN)nc(N)n1)C1CCOC1. The average Bonchev–Trinajstić information content (AvgIpc) is 2.80. The first-order valence-corrected chi connectivity index (χ1v) is 5.12. The minimum absolute atomic E-state index is 0.205. The molecule has 88 valence electrons. The van der Waals surface area contributed by atoms with Crippen molar-refractivity contribution in [3.63, 3.8) is 0 Å². The number of hydrogen-bond acceptors (Lipinski definition) is 7. The van der Waals surface area contributed by atoms with Crippen LogP contribution in [0, 0.1) is 0 Å². The molecule has 0 saturated carbocycles. The topological polar surface area (TPSA) is 102 Å². The molecule has 0 amide bonds. The van der Waals surface area contributed by atoms with Crippen molar-refractivity contribution in [2.45, 2.75) is 12.5 Å². The fraction of sp³-hybridized carbons (Fsp3) is 0.556. The third-order valence-corrected chi connectivity index (χ3v) is 2.69. The van der Waals surface area contributed by atoms with Crippen LogP contribution in [0.1, 0.15) is 6.42 Å². The lowest BCUT2D eigenvalue weighted by Crippen LogP contribution is -2.32. The van der Waals surface area contributed by atoms with Gasteiger partial charge in [0.05, 0.1) is 12.6 Å². The number of anilines is 3. The summed E-state index contributed by atoms with van der Waals surface area (Å²) in [5, 5.41) is 0. The third-order valence-electron chi connectivity index (χ3n) is 2.69. The standard InChI is InChI=1S/C9H16N6O/c1-15(6-2-3-16-5-6)8-4-7(14-11)12-9(10)13-8/h4,6H,2-3,5,11H2,1H3,(H3,10,12,13,14). The Hall–Kier alpha value is -1.60. The van der Waals surface area contributed by atoms with Crippen molar-refractivity contribution in [3.05, 3.63) is 6.07 Å². The molecule has 0 aromatic carbocycles. The molecule has 1 aromatic rings. The highest BCUT2D eigenvalue weighted by Crippen LogP contribution is 2.20. The molecule has 5 N–H and O–H groups in total.